The van der Waals surface area contributed by atoms with Gasteiger partial charge in [-0.2, -0.15) is 13.2 Å². The zero-order chi connectivity index (χ0) is 25.7. The quantitative estimate of drug-likeness (QED) is 0.345. The minimum Gasteiger partial charge on any atom is -0.454 e. The van der Waals surface area contributed by atoms with Gasteiger partial charge >= 0.3 is 6.18 Å². The fourth-order valence-electron chi connectivity index (χ4n) is 4.53. The molecule has 0 aromatic heterocycles. The molecule has 0 unspecified atom stereocenters. The number of hydrogen-bond acceptors (Lipinski definition) is 6. The number of ketones is 1. The Hall–Kier alpha value is -3.05. The van der Waals surface area contributed by atoms with Crippen molar-refractivity contribution in [3.8, 4) is 22.6 Å². The lowest BCUT2D eigenvalue weighted by Gasteiger charge is -2.31. The number of rotatable bonds is 7. The Kier molecular flexibility index (Phi) is 6.03. The van der Waals surface area contributed by atoms with Crippen LogP contribution >= 0.6 is 10.8 Å². The van der Waals surface area contributed by atoms with Gasteiger partial charge in [-0.3, -0.25) is 13.9 Å². The molecule has 0 radical (unpaired) electrons. The summed E-state index contributed by atoms with van der Waals surface area (Å²) in [7, 11) is -1.84. The molecule has 0 amide bonds. The second kappa shape index (κ2) is 8.81. The molecule has 1 aliphatic heterocycles. The third-order valence-electron chi connectivity index (χ3n) is 6.74. The van der Waals surface area contributed by atoms with Gasteiger partial charge in [0, 0.05) is 13.5 Å². The van der Waals surface area contributed by atoms with E-state index in [1.165, 1.54) is 43.4 Å². The van der Waals surface area contributed by atoms with Gasteiger partial charge in [-0.05, 0) is 65.4 Å². The maximum absolute atomic E-state index is 14.0. The van der Waals surface area contributed by atoms with E-state index < -0.39 is 27.9 Å². The Morgan fingerprint density at radius 3 is 2.33 bits per heavy atom. The number of carbonyl (C=O) groups is 1. The van der Waals surface area contributed by atoms with Gasteiger partial charge in [-0.1, -0.05) is 30.3 Å². The van der Waals surface area contributed by atoms with Gasteiger partial charge in [0.25, 0.3) is 0 Å². The lowest BCUT2D eigenvalue weighted by atomic mass is 9.87. The monoisotopic (exact) mass is 519 g/mol. The molecule has 6 nitrogen and oxygen atoms in total. The molecule has 3 aromatic carbocycles. The minimum atomic E-state index is -4.64. The largest absolute Gasteiger partial charge is 0.454 e. The van der Waals surface area contributed by atoms with E-state index in [9.17, 15) is 27.1 Å². The number of Topliss-reactive ketones (excluding diaryl/α,β-unsaturated/α-hetero) is 1. The molecule has 190 valence electrons. The highest BCUT2D eigenvalue weighted by molar-refractivity contribution is 8.22. The summed E-state index contributed by atoms with van der Waals surface area (Å²) in [5.41, 5.74) is -0.280. The van der Waals surface area contributed by atoms with E-state index in [2.05, 4.69) is 4.72 Å². The van der Waals surface area contributed by atoms with Crippen molar-refractivity contribution in [3.63, 3.8) is 0 Å². The van der Waals surface area contributed by atoms with Crippen molar-refractivity contribution in [3.05, 3.63) is 77.4 Å². The molecule has 0 spiro atoms. The first kappa shape index (κ1) is 24.6. The number of nitrogens with one attached hydrogen (secondary N) is 1. The molecule has 1 saturated carbocycles. The zero-order valence-electron chi connectivity index (χ0n) is 19.3. The molecular weight excluding hydrogens is 495 g/mol. The lowest BCUT2D eigenvalue weighted by molar-refractivity contribution is -0.137. The number of carbonyl (C=O) groups excluding carboxylic acids is 1. The summed E-state index contributed by atoms with van der Waals surface area (Å²) in [6.07, 6.45) is -3.50. The molecule has 1 fully saturated rings. The molecule has 1 aliphatic carbocycles. The van der Waals surface area contributed by atoms with Crippen LogP contribution < -0.4 is 14.2 Å². The van der Waals surface area contributed by atoms with Crippen LogP contribution in [0.2, 0.25) is 0 Å². The second-order valence-electron chi connectivity index (χ2n) is 8.91. The van der Waals surface area contributed by atoms with E-state index in [-0.39, 0.29) is 40.6 Å². The predicted molar refractivity (Wildman–Crippen MR) is 129 cm³/mol. The average molecular weight is 520 g/mol. The van der Waals surface area contributed by atoms with Crippen molar-refractivity contribution < 1.29 is 36.5 Å². The van der Waals surface area contributed by atoms with Gasteiger partial charge in [0.2, 0.25) is 6.79 Å². The van der Waals surface area contributed by atoms with Crippen LogP contribution in [0.5, 0.6) is 11.5 Å². The number of hydrogen-bond donors (Lipinski definition) is 3. The number of halogens is 3. The van der Waals surface area contributed by atoms with Gasteiger partial charge < -0.3 is 9.47 Å². The van der Waals surface area contributed by atoms with Crippen LogP contribution in [0.3, 0.4) is 0 Å². The second-order valence-corrected chi connectivity index (χ2v) is 10.9. The topological polar surface area (TPSA) is 88.0 Å². The average Bonchev–Trinajstić information content (AvgIpc) is 3.54. The van der Waals surface area contributed by atoms with Crippen molar-refractivity contribution in [2.24, 2.45) is 0 Å². The van der Waals surface area contributed by atoms with E-state index in [1.54, 1.807) is 12.1 Å². The molecule has 0 atom stereocenters. The van der Waals surface area contributed by atoms with Crippen LogP contribution in [0.4, 0.5) is 13.2 Å². The first-order chi connectivity index (χ1) is 17.0. The van der Waals surface area contributed by atoms with Crippen LogP contribution in [0.15, 0.2) is 65.6 Å². The first-order valence-electron chi connectivity index (χ1n) is 11.2. The van der Waals surface area contributed by atoms with E-state index >= 15 is 0 Å². The molecule has 36 heavy (non-hydrogen) atoms. The zero-order valence-corrected chi connectivity index (χ0v) is 20.1. The Morgan fingerprint density at radius 2 is 1.69 bits per heavy atom. The molecular formula is C26H24F3NO5S. The standard InChI is InChI=1S/C26H24F3NO5S/c1-30-36(32,33)19-6-3-17(4-7-19)20-8-2-16(12-21(20)26(27,28)29)13-24(31)25(10-11-25)18-5-9-22-23(14-18)35-15-34-22/h2-9,12,14,30,32-33H,10-11,13,15H2,1H3. The minimum absolute atomic E-state index is 0.0527. The molecule has 0 bridgehead atoms. The molecule has 2 aliphatic rings. The highest BCUT2D eigenvalue weighted by Crippen LogP contribution is 2.52. The van der Waals surface area contributed by atoms with Gasteiger partial charge in [0.05, 0.1) is 15.9 Å². The normalized spacial score (nSPS) is 16.6. The Balaban J connectivity index is 1.42. The van der Waals surface area contributed by atoms with Crippen LogP contribution in [0, 0.1) is 0 Å². The maximum atomic E-state index is 14.0. The summed E-state index contributed by atoms with van der Waals surface area (Å²) in [5, 5.41) is 0. The highest BCUT2D eigenvalue weighted by atomic mass is 32.3. The highest BCUT2D eigenvalue weighted by Gasteiger charge is 2.51. The predicted octanol–water partition coefficient (Wildman–Crippen LogP) is 6.19. The summed E-state index contributed by atoms with van der Waals surface area (Å²) in [4.78, 5) is 13.4. The number of alkyl halides is 3. The van der Waals surface area contributed by atoms with Gasteiger partial charge in [0.1, 0.15) is 5.78 Å². The third-order valence-corrected chi connectivity index (χ3v) is 8.24. The summed E-state index contributed by atoms with van der Waals surface area (Å²) >= 11 is 0. The van der Waals surface area contributed by atoms with Crippen molar-refractivity contribution in [1.82, 2.24) is 4.72 Å². The lowest BCUT2D eigenvalue weighted by Crippen LogP contribution is -2.22. The van der Waals surface area contributed by atoms with Crippen molar-refractivity contribution in [2.75, 3.05) is 13.8 Å². The van der Waals surface area contributed by atoms with Crippen LogP contribution in [-0.2, 0) is 22.8 Å². The Morgan fingerprint density at radius 1 is 1.00 bits per heavy atom. The summed E-state index contributed by atoms with van der Waals surface area (Å²) in [6.45, 7) is 0.118. The molecule has 5 rings (SSSR count). The van der Waals surface area contributed by atoms with Crippen molar-refractivity contribution in [2.45, 2.75) is 35.7 Å². The fraction of sp³-hybridized carbons (Fsp3) is 0.269. The number of ether oxygens (including phenoxy) is 2. The summed E-state index contributed by atoms with van der Waals surface area (Å²) < 4.78 is 75.1. The number of benzene rings is 3. The molecule has 10 heteroatoms. The van der Waals surface area contributed by atoms with Crippen molar-refractivity contribution in [1.29, 1.82) is 0 Å². The molecule has 3 N–H and O–H groups in total. The molecule has 1 heterocycles. The fourth-order valence-corrected chi connectivity index (χ4v) is 5.28. The third kappa shape index (κ3) is 4.45. The van der Waals surface area contributed by atoms with E-state index in [0.717, 1.165) is 11.6 Å². The molecule has 0 saturated heterocycles. The van der Waals surface area contributed by atoms with Crippen LogP contribution in [-0.4, -0.2) is 28.7 Å². The van der Waals surface area contributed by atoms with Gasteiger partial charge in [-0.15, -0.1) is 10.8 Å². The van der Waals surface area contributed by atoms with E-state index in [0.29, 0.717) is 24.3 Å². The van der Waals surface area contributed by atoms with Gasteiger partial charge in [0.15, 0.2) is 11.5 Å². The SMILES string of the molecule is CNS(O)(O)c1ccc(-c2ccc(CC(=O)C3(c4ccc5c(c4)OCO5)CC3)cc2C(F)(F)F)cc1. The first-order valence-corrected chi connectivity index (χ1v) is 12.8. The summed E-state index contributed by atoms with van der Waals surface area (Å²) in [6, 6.07) is 14.8. The van der Waals surface area contributed by atoms with E-state index in [1.807, 2.05) is 6.07 Å². The van der Waals surface area contributed by atoms with Crippen LogP contribution in [0.1, 0.15) is 29.5 Å². The summed E-state index contributed by atoms with van der Waals surface area (Å²) in [5.74, 6) is 1.04. The maximum Gasteiger partial charge on any atom is 0.417 e. The number of fused-ring (bicyclic) bond motifs is 1. The Labute approximate surface area is 207 Å². The van der Waals surface area contributed by atoms with E-state index in [4.69, 9.17) is 9.47 Å². The van der Waals surface area contributed by atoms with Gasteiger partial charge in [-0.25, -0.2) is 4.72 Å². The van der Waals surface area contributed by atoms with Crippen molar-refractivity contribution >= 4 is 16.6 Å². The smallest absolute Gasteiger partial charge is 0.417 e. The Bertz CT molecular complexity index is 1320. The van der Waals surface area contributed by atoms with Crippen LogP contribution in [0.25, 0.3) is 11.1 Å². The molecule has 3 aromatic rings.